The van der Waals surface area contributed by atoms with Gasteiger partial charge in [0.15, 0.2) is 0 Å². The molecule has 0 saturated carbocycles. The summed E-state index contributed by atoms with van der Waals surface area (Å²) in [6.07, 6.45) is 0.374. The van der Waals surface area contributed by atoms with Crippen molar-refractivity contribution in [1.82, 2.24) is 5.32 Å². The summed E-state index contributed by atoms with van der Waals surface area (Å²) in [5.74, 6) is 0.831. The van der Waals surface area contributed by atoms with Crippen LogP contribution in [-0.2, 0) is 11.2 Å². The zero-order chi connectivity index (χ0) is 19.1. The van der Waals surface area contributed by atoms with Gasteiger partial charge >= 0.3 is 0 Å². The molecule has 140 valence electrons. The van der Waals surface area contributed by atoms with E-state index >= 15 is 0 Å². The lowest BCUT2D eigenvalue weighted by Gasteiger charge is -2.23. The normalized spacial score (nSPS) is 11.9. The molecule has 1 amide bonds. The molecule has 26 heavy (non-hydrogen) atoms. The van der Waals surface area contributed by atoms with Crippen molar-refractivity contribution in [2.75, 3.05) is 46.7 Å². The molecule has 0 spiro atoms. The van der Waals surface area contributed by atoms with Gasteiger partial charge in [0.2, 0.25) is 5.91 Å². The molecule has 1 atom stereocenters. The third kappa shape index (κ3) is 5.49. The number of nitrogens with one attached hydrogen (secondary N) is 2. The number of methoxy groups -OCH3 is 1. The largest absolute Gasteiger partial charge is 0.497 e. The first-order chi connectivity index (χ1) is 12.4. The van der Waals surface area contributed by atoms with E-state index in [2.05, 4.69) is 48.6 Å². The first-order valence-corrected chi connectivity index (χ1v) is 8.87. The number of anilines is 1. The molecule has 5 heteroatoms. The lowest BCUT2D eigenvalue weighted by Crippen LogP contribution is -3.07. The van der Waals surface area contributed by atoms with E-state index in [0.29, 0.717) is 13.0 Å². The minimum absolute atomic E-state index is 0.0336. The van der Waals surface area contributed by atoms with Crippen molar-refractivity contribution < 1.29 is 14.4 Å². The second-order valence-electron chi connectivity index (χ2n) is 6.94. The smallest absolute Gasteiger partial charge is 0.224 e. The number of likely N-dealkylation sites (N-methyl/N-ethyl adjacent to an activating group) is 1. The first-order valence-electron chi connectivity index (χ1n) is 8.87. The van der Waals surface area contributed by atoms with Crippen molar-refractivity contribution in [3.63, 3.8) is 0 Å². The molecule has 0 fully saturated rings. The van der Waals surface area contributed by atoms with Gasteiger partial charge < -0.3 is 19.9 Å². The predicted molar refractivity (Wildman–Crippen MR) is 106 cm³/mol. The maximum atomic E-state index is 12.3. The van der Waals surface area contributed by atoms with Crippen LogP contribution < -0.4 is 19.9 Å². The third-order valence-electron chi connectivity index (χ3n) is 4.54. The number of rotatable bonds is 8. The van der Waals surface area contributed by atoms with E-state index in [4.69, 9.17) is 4.74 Å². The monoisotopic (exact) mass is 356 g/mol. The quantitative estimate of drug-likeness (QED) is 0.750. The van der Waals surface area contributed by atoms with Gasteiger partial charge in [-0.2, -0.15) is 0 Å². The molecule has 2 N–H and O–H groups in total. The lowest BCUT2D eigenvalue weighted by atomic mass is 10.0. The minimum Gasteiger partial charge on any atom is -0.497 e. The summed E-state index contributed by atoms with van der Waals surface area (Å²) in [7, 11) is 9.92. The summed E-state index contributed by atoms with van der Waals surface area (Å²) in [6, 6.07) is 16.3. The van der Waals surface area contributed by atoms with Gasteiger partial charge in [0, 0.05) is 25.3 Å². The molecule has 0 unspecified atom stereocenters. The van der Waals surface area contributed by atoms with Gasteiger partial charge in [0.1, 0.15) is 11.8 Å². The van der Waals surface area contributed by atoms with Crippen molar-refractivity contribution in [2.45, 2.75) is 12.5 Å². The van der Waals surface area contributed by atoms with E-state index in [1.165, 1.54) is 16.2 Å². The molecule has 0 heterocycles. The minimum atomic E-state index is 0.0336. The van der Waals surface area contributed by atoms with Gasteiger partial charge in [0.25, 0.3) is 0 Å². The molecule has 0 aromatic heterocycles. The van der Waals surface area contributed by atoms with E-state index in [-0.39, 0.29) is 11.9 Å². The fourth-order valence-corrected chi connectivity index (χ4v) is 2.87. The van der Waals surface area contributed by atoms with Crippen LogP contribution in [0.15, 0.2) is 48.5 Å². The Labute approximate surface area is 156 Å². The number of hydrogen-bond acceptors (Lipinski definition) is 3. The molecule has 2 aromatic carbocycles. The number of amides is 1. The van der Waals surface area contributed by atoms with Gasteiger partial charge in [-0.1, -0.05) is 24.3 Å². The average molecular weight is 356 g/mol. The Morgan fingerprint density at radius 2 is 1.69 bits per heavy atom. The van der Waals surface area contributed by atoms with Crippen LogP contribution in [0.4, 0.5) is 5.69 Å². The van der Waals surface area contributed by atoms with Crippen LogP contribution >= 0.6 is 0 Å². The molecule has 2 rings (SSSR count). The van der Waals surface area contributed by atoms with E-state index < -0.39 is 0 Å². The number of ether oxygens (including phenoxy) is 1. The molecule has 0 aliphatic heterocycles. The van der Waals surface area contributed by atoms with Crippen LogP contribution in [0.2, 0.25) is 0 Å². The molecule has 0 aliphatic carbocycles. The van der Waals surface area contributed by atoms with E-state index in [0.717, 1.165) is 11.3 Å². The number of benzene rings is 2. The van der Waals surface area contributed by atoms with Crippen LogP contribution in [0.1, 0.15) is 17.2 Å². The van der Waals surface area contributed by atoms with Crippen LogP contribution in [0, 0.1) is 0 Å². The van der Waals surface area contributed by atoms with Crippen LogP contribution in [0.25, 0.3) is 0 Å². The molecule has 0 bridgehead atoms. The number of hydrogen-bond donors (Lipinski definition) is 2. The Bertz CT molecular complexity index is 694. The van der Waals surface area contributed by atoms with Crippen LogP contribution in [0.3, 0.4) is 0 Å². The van der Waals surface area contributed by atoms with Gasteiger partial charge in [-0.3, -0.25) is 4.79 Å². The summed E-state index contributed by atoms with van der Waals surface area (Å²) < 4.78 is 5.15. The van der Waals surface area contributed by atoms with E-state index in [1.807, 2.05) is 38.4 Å². The van der Waals surface area contributed by atoms with E-state index in [9.17, 15) is 4.79 Å². The van der Waals surface area contributed by atoms with Gasteiger partial charge in [-0.15, -0.1) is 0 Å². The van der Waals surface area contributed by atoms with Crippen molar-refractivity contribution in [2.24, 2.45) is 0 Å². The van der Waals surface area contributed by atoms with Gasteiger partial charge in [-0.25, -0.2) is 0 Å². The molecule has 5 nitrogen and oxygen atoms in total. The van der Waals surface area contributed by atoms with Crippen LogP contribution in [0.5, 0.6) is 5.75 Å². The van der Waals surface area contributed by atoms with Crippen molar-refractivity contribution in [3.05, 3.63) is 59.7 Å². The zero-order valence-electron chi connectivity index (χ0n) is 16.4. The second kappa shape index (κ2) is 9.25. The Hall–Kier alpha value is -2.53. The highest BCUT2D eigenvalue weighted by Crippen LogP contribution is 2.16. The summed E-state index contributed by atoms with van der Waals surface area (Å²) in [5.41, 5.74) is 3.37. The average Bonchev–Trinajstić information content (AvgIpc) is 2.62. The number of carbonyl (C=O) groups excluding carboxylic acids is 1. The topological polar surface area (TPSA) is 46.0 Å². The van der Waals surface area contributed by atoms with Gasteiger partial charge in [0.05, 0.1) is 34.2 Å². The van der Waals surface area contributed by atoms with E-state index in [1.54, 1.807) is 7.11 Å². The molecule has 2 aromatic rings. The highest BCUT2D eigenvalue weighted by atomic mass is 16.5. The Morgan fingerprint density at radius 1 is 1.08 bits per heavy atom. The highest BCUT2D eigenvalue weighted by Gasteiger charge is 2.19. The third-order valence-corrected chi connectivity index (χ3v) is 4.54. The Kier molecular flexibility index (Phi) is 7.04. The second-order valence-corrected chi connectivity index (χ2v) is 6.94. The number of carbonyl (C=O) groups is 1. The standard InChI is InChI=1S/C21H29N3O2/c1-23(2)18-10-8-17(9-11-18)20(24(3)4)15-22-21(25)14-16-6-12-19(26-5)13-7-16/h6-13,20H,14-15H2,1-5H3,(H,22,25)/p+1/t20-/m1/s1. The van der Waals surface area contributed by atoms with Crippen molar-refractivity contribution in [3.8, 4) is 5.75 Å². The zero-order valence-corrected chi connectivity index (χ0v) is 16.4. The Balaban J connectivity index is 1.95. The van der Waals surface area contributed by atoms with Crippen LogP contribution in [-0.4, -0.2) is 47.8 Å². The SMILES string of the molecule is COc1ccc(CC(=O)NC[C@H](c2ccc(N(C)C)cc2)[NH+](C)C)cc1. The van der Waals surface area contributed by atoms with Crippen molar-refractivity contribution >= 4 is 11.6 Å². The molecule has 0 radical (unpaired) electrons. The molecule has 0 aliphatic rings. The molecule has 0 saturated heterocycles. The maximum absolute atomic E-state index is 12.3. The summed E-state index contributed by atoms with van der Waals surface area (Å²) in [6.45, 7) is 0.610. The lowest BCUT2D eigenvalue weighted by molar-refractivity contribution is -0.890. The fourth-order valence-electron chi connectivity index (χ4n) is 2.87. The summed E-state index contributed by atoms with van der Waals surface area (Å²) in [4.78, 5) is 15.7. The fraction of sp³-hybridized carbons (Fsp3) is 0.381. The summed E-state index contributed by atoms with van der Waals surface area (Å²) >= 11 is 0. The maximum Gasteiger partial charge on any atom is 0.224 e. The number of nitrogens with zero attached hydrogens (tertiary/aromatic N) is 1. The predicted octanol–water partition coefficient (Wildman–Crippen LogP) is 1.31. The molecular formula is C21H30N3O2+. The Morgan fingerprint density at radius 3 is 2.19 bits per heavy atom. The first kappa shape index (κ1) is 19.8. The molecular weight excluding hydrogens is 326 g/mol. The summed E-state index contributed by atoms with van der Waals surface area (Å²) in [5, 5.41) is 3.08. The van der Waals surface area contributed by atoms with Crippen molar-refractivity contribution in [1.29, 1.82) is 0 Å². The van der Waals surface area contributed by atoms with Gasteiger partial charge in [-0.05, 0) is 29.8 Å². The highest BCUT2D eigenvalue weighted by molar-refractivity contribution is 5.78. The number of quaternary nitrogens is 1.